The van der Waals surface area contributed by atoms with E-state index in [2.05, 4.69) is 6.92 Å². The Morgan fingerprint density at radius 3 is 2.62 bits per heavy atom. The Hall–Kier alpha value is -0.630. The number of alkyl halides is 1. The molecule has 1 aliphatic carbocycles. The van der Waals surface area contributed by atoms with E-state index in [9.17, 15) is 8.78 Å². The van der Waals surface area contributed by atoms with E-state index >= 15 is 0 Å². The van der Waals surface area contributed by atoms with E-state index in [1.54, 1.807) is 0 Å². The van der Waals surface area contributed by atoms with Crippen LogP contribution in [0.15, 0.2) is 18.2 Å². The maximum absolute atomic E-state index is 13.6. The Kier molecular flexibility index (Phi) is 3.48. The summed E-state index contributed by atoms with van der Waals surface area (Å²) in [4.78, 5) is 0. The molecule has 1 aromatic carbocycles. The van der Waals surface area contributed by atoms with Crippen molar-refractivity contribution in [3.05, 3.63) is 35.4 Å². The fraction of sp³-hybridized carbons (Fsp3) is 0.538. The average molecular weight is 245 g/mol. The summed E-state index contributed by atoms with van der Waals surface area (Å²) in [5, 5.41) is -0.335. The van der Waals surface area contributed by atoms with Gasteiger partial charge in [-0.1, -0.05) is 25.8 Å². The van der Waals surface area contributed by atoms with Crippen LogP contribution >= 0.6 is 11.6 Å². The third kappa shape index (κ3) is 2.22. The summed E-state index contributed by atoms with van der Waals surface area (Å²) in [6.07, 6.45) is 3.33. The van der Waals surface area contributed by atoms with Gasteiger partial charge >= 0.3 is 0 Å². The van der Waals surface area contributed by atoms with Crippen LogP contribution in [0, 0.1) is 23.5 Å². The molecule has 3 heteroatoms. The minimum atomic E-state index is -0.551. The van der Waals surface area contributed by atoms with Gasteiger partial charge in [0.05, 0.1) is 5.38 Å². The van der Waals surface area contributed by atoms with Crippen molar-refractivity contribution in [2.45, 2.75) is 31.6 Å². The van der Waals surface area contributed by atoms with Gasteiger partial charge in [0, 0.05) is 11.6 Å². The molecular formula is C13H15ClF2. The Balaban J connectivity index is 2.23. The number of halogens is 3. The molecule has 1 saturated carbocycles. The molecule has 3 unspecified atom stereocenters. The minimum absolute atomic E-state index is 0.307. The van der Waals surface area contributed by atoms with Crippen LogP contribution in [-0.2, 0) is 0 Å². The van der Waals surface area contributed by atoms with Gasteiger partial charge in [-0.15, -0.1) is 11.6 Å². The normalized spacial score (nSPS) is 27.0. The predicted octanol–water partition coefficient (Wildman–Crippen LogP) is 4.68. The van der Waals surface area contributed by atoms with Crippen molar-refractivity contribution in [1.29, 1.82) is 0 Å². The molecule has 0 aliphatic heterocycles. The first-order chi connectivity index (χ1) is 7.59. The molecule has 16 heavy (non-hydrogen) atoms. The SMILES string of the molecule is CC1CCCC1C(Cl)c1ccc(F)cc1F. The van der Waals surface area contributed by atoms with Crippen molar-refractivity contribution < 1.29 is 8.78 Å². The van der Waals surface area contributed by atoms with Crippen molar-refractivity contribution in [2.75, 3.05) is 0 Å². The second-order valence-electron chi connectivity index (χ2n) is 4.64. The first-order valence-electron chi connectivity index (χ1n) is 5.68. The summed E-state index contributed by atoms with van der Waals surface area (Å²) in [7, 11) is 0. The standard InChI is InChI=1S/C13H15ClF2/c1-8-3-2-4-10(8)13(14)11-6-5-9(15)7-12(11)16/h5-8,10,13H,2-4H2,1H3. The van der Waals surface area contributed by atoms with Gasteiger partial charge in [-0.25, -0.2) is 8.78 Å². The highest BCUT2D eigenvalue weighted by Gasteiger charge is 2.31. The lowest BCUT2D eigenvalue weighted by Crippen LogP contribution is -2.12. The Labute approximate surface area is 99.6 Å². The molecule has 0 nitrogen and oxygen atoms in total. The predicted molar refractivity (Wildman–Crippen MR) is 61.5 cm³/mol. The minimum Gasteiger partial charge on any atom is -0.207 e. The van der Waals surface area contributed by atoms with E-state index in [1.807, 2.05) is 0 Å². The van der Waals surface area contributed by atoms with Crippen LogP contribution in [0.25, 0.3) is 0 Å². The molecule has 88 valence electrons. The van der Waals surface area contributed by atoms with Crippen LogP contribution in [0.3, 0.4) is 0 Å². The third-order valence-electron chi connectivity index (χ3n) is 3.56. The van der Waals surface area contributed by atoms with Crippen molar-refractivity contribution in [3.63, 3.8) is 0 Å². The molecule has 1 fully saturated rings. The van der Waals surface area contributed by atoms with Crippen LogP contribution in [0.4, 0.5) is 8.78 Å². The zero-order chi connectivity index (χ0) is 11.7. The highest BCUT2D eigenvalue weighted by atomic mass is 35.5. The third-order valence-corrected chi connectivity index (χ3v) is 4.12. The van der Waals surface area contributed by atoms with Crippen molar-refractivity contribution in [2.24, 2.45) is 11.8 Å². The number of rotatable bonds is 2. The molecule has 0 saturated heterocycles. The quantitative estimate of drug-likeness (QED) is 0.663. The van der Waals surface area contributed by atoms with E-state index in [0.29, 0.717) is 17.4 Å². The molecule has 0 amide bonds. The summed E-state index contributed by atoms with van der Waals surface area (Å²) in [6.45, 7) is 2.15. The first kappa shape index (κ1) is 11.8. The van der Waals surface area contributed by atoms with Gasteiger partial charge in [-0.3, -0.25) is 0 Å². The van der Waals surface area contributed by atoms with E-state index in [1.165, 1.54) is 12.1 Å². The van der Waals surface area contributed by atoms with Crippen molar-refractivity contribution in [3.8, 4) is 0 Å². The number of hydrogen-bond donors (Lipinski definition) is 0. The van der Waals surface area contributed by atoms with Crippen molar-refractivity contribution >= 4 is 11.6 Å². The molecule has 3 atom stereocenters. The second-order valence-corrected chi connectivity index (χ2v) is 5.11. The topological polar surface area (TPSA) is 0 Å². The van der Waals surface area contributed by atoms with Gasteiger partial charge in [0.25, 0.3) is 0 Å². The molecule has 0 N–H and O–H groups in total. The van der Waals surface area contributed by atoms with E-state index < -0.39 is 11.6 Å². The number of benzene rings is 1. The van der Waals surface area contributed by atoms with E-state index in [0.717, 1.165) is 25.3 Å². The number of hydrogen-bond acceptors (Lipinski definition) is 0. The van der Waals surface area contributed by atoms with Gasteiger partial charge < -0.3 is 0 Å². The summed E-state index contributed by atoms with van der Waals surface area (Å²) in [5.74, 6) is -0.253. The van der Waals surface area contributed by atoms with Gasteiger partial charge in [0.2, 0.25) is 0 Å². The first-order valence-corrected chi connectivity index (χ1v) is 6.12. The lowest BCUT2D eigenvalue weighted by molar-refractivity contribution is 0.398. The van der Waals surface area contributed by atoms with Crippen LogP contribution in [-0.4, -0.2) is 0 Å². The molecular weight excluding hydrogens is 230 g/mol. The Bertz CT molecular complexity index is 378. The van der Waals surface area contributed by atoms with E-state index in [4.69, 9.17) is 11.6 Å². The van der Waals surface area contributed by atoms with Crippen LogP contribution in [0.5, 0.6) is 0 Å². The zero-order valence-corrected chi connectivity index (χ0v) is 9.98. The smallest absolute Gasteiger partial charge is 0.130 e. The second kappa shape index (κ2) is 4.70. The summed E-state index contributed by atoms with van der Waals surface area (Å²) in [6, 6.07) is 3.64. The molecule has 0 heterocycles. The summed E-state index contributed by atoms with van der Waals surface area (Å²) < 4.78 is 26.3. The highest BCUT2D eigenvalue weighted by Crippen LogP contribution is 2.44. The highest BCUT2D eigenvalue weighted by molar-refractivity contribution is 6.21. The maximum Gasteiger partial charge on any atom is 0.130 e. The lowest BCUT2D eigenvalue weighted by atomic mass is 9.90. The summed E-state index contributed by atoms with van der Waals surface area (Å²) in [5.41, 5.74) is 0.432. The van der Waals surface area contributed by atoms with Crippen LogP contribution in [0.2, 0.25) is 0 Å². The van der Waals surface area contributed by atoms with Gasteiger partial charge in [0.1, 0.15) is 11.6 Å². The molecule has 1 aliphatic rings. The molecule has 0 radical (unpaired) electrons. The van der Waals surface area contributed by atoms with Crippen LogP contribution < -0.4 is 0 Å². The largest absolute Gasteiger partial charge is 0.207 e. The Morgan fingerprint density at radius 2 is 2.06 bits per heavy atom. The van der Waals surface area contributed by atoms with Gasteiger partial charge in [0.15, 0.2) is 0 Å². The molecule has 0 bridgehead atoms. The maximum atomic E-state index is 13.6. The molecule has 0 aromatic heterocycles. The molecule has 0 spiro atoms. The Morgan fingerprint density at radius 1 is 1.31 bits per heavy atom. The fourth-order valence-corrected chi connectivity index (χ4v) is 3.12. The fourth-order valence-electron chi connectivity index (χ4n) is 2.56. The molecule has 1 aromatic rings. The van der Waals surface area contributed by atoms with Crippen molar-refractivity contribution in [1.82, 2.24) is 0 Å². The van der Waals surface area contributed by atoms with Gasteiger partial charge in [-0.2, -0.15) is 0 Å². The molecule has 2 rings (SSSR count). The monoisotopic (exact) mass is 244 g/mol. The zero-order valence-electron chi connectivity index (χ0n) is 9.22. The van der Waals surface area contributed by atoms with Crippen LogP contribution in [0.1, 0.15) is 37.1 Å². The van der Waals surface area contributed by atoms with Gasteiger partial charge in [-0.05, 0) is 24.3 Å². The lowest BCUT2D eigenvalue weighted by Gasteiger charge is -2.22. The average Bonchev–Trinajstić information content (AvgIpc) is 2.63. The van der Waals surface area contributed by atoms with E-state index in [-0.39, 0.29) is 5.38 Å². The summed E-state index contributed by atoms with van der Waals surface area (Å²) >= 11 is 6.30.